The summed E-state index contributed by atoms with van der Waals surface area (Å²) in [6.45, 7) is 1.18. The Morgan fingerprint density at radius 2 is 1.93 bits per heavy atom. The highest BCUT2D eigenvalue weighted by molar-refractivity contribution is 5.78. The molecule has 1 aromatic carbocycles. The summed E-state index contributed by atoms with van der Waals surface area (Å²) in [7, 11) is 0. The second-order valence-electron chi connectivity index (χ2n) is 3.18. The lowest BCUT2D eigenvalue weighted by Crippen LogP contribution is -2.11. The highest BCUT2D eigenvalue weighted by Gasteiger charge is 2.33. The van der Waals surface area contributed by atoms with E-state index < -0.39 is 23.3 Å². The van der Waals surface area contributed by atoms with E-state index in [0.717, 1.165) is 12.1 Å². The summed E-state index contributed by atoms with van der Waals surface area (Å²) in [5.74, 6) is -1.36. The van der Waals surface area contributed by atoms with Crippen LogP contribution in [0.2, 0.25) is 0 Å². The third-order valence-electron chi connectivity index (χ3n) is 1.82. The summed E-state index contributed by atoms with van der Waals surface area (Å²) >= 11 is 0. The largest absolute Gasteiger partial charge is 0.416 e. The van der Waals surface area contributed by atoms with E-state index in [1.807, 2.05) is 0 Å². The van der Waals surface area contributed by atoms with Crippen LogP contribution in [0.15, 0.2) is 18.2 Å². The Morgan fingerprint density at radius 3 is 2.40 bits per heavy atom. The van der Waals surface area contributed by atoms with Gasteiger partial charge in [0.1, 0.15) is 11.6 Å². The summed E-state index contributed by atoms with van der Waals surface area (Å²) in [4.78, 5) is 10.7. The Bertz CT molecular complexity index is 381. The maximum atomic E-state index is 12.6. The molecule has 0 N–H and O–H groups in total. The van der Waals surface area contributed by atoms with Gasteiger partial charge in [-0.25, -0.2) is 4.39 Å². The zero-order valence-corrected chi connectivity index (χ0v) is 7.86. The van der Waals surface area contributed by atoms with Gasteiger partial charge in [0, 0.05) is 6.42 Å². The SMILES string of the molecule is CC(=O)Cc1ccc(F)cc1C(F)(F)F. The fraction of sp³-hybridized carbons (Fsp3) is 0.300. The summed E-state index contributed by atoms with van der Waals surface area (Å²) in [6, 6.07) is 2.30. The van der Waals surface area contributed by atoms with Gasteiger partial charge in [-0.2, -0.15) is 13.2 Å². The number of halogens is 4. The molecule has 1 nitrogen and oxygen atoms in total. The first-order chi connectivity index (χ1) is 6.80. The molecule has 0 aromatic heterocycles. The molecule has 0 aliphatic rings. The number of rotatable bonds is 2. The number of hydrogen-bond acceptors (Lipinski definition) is 1. The van der Waals surface area contributed by atoms with Crippen LogP contribution in [-0.2, 0) is 17.4 Å². The Labute approximate surface area is 83.7 Å². The van der Waals surface area contributed by atoms with Crippen molar-refractivity contribution in [3.63, 3.8) is 0 Å². The van der Waals surface area contributed by atoms with Crippen molar-refractivity contribution < 1.29 is 22.4 Å². The normalized spacial score (nSPS) is 11.5. The second kappa shape index (κ2) is 4.00. The zero-order valence-electron chi connectivity index (χ0n) is 7.86. The molecule has 0 radical (unpaired) electrons. The average molecular weight is 220 g/mol. The van der Waals surface area contributed by atoms with Crippen LogP contribution in [0.25, 0.3) is 0 Å². The van der Waals surface area contributed by atoms with Gasteiger partial charge in [0.05, 0.1) is 5.56 Å². The van der Waals surface area contributed by atoms with Gasteiger partial charge in [0.15, 0.2) is 0 Å². The molecule has 0 atom stereocenters. The van der Waals surface area contributed by atoms with Crippen LogP contribution in [0.3, 0.4) is 0 Å². The van der Waals surface area contributed by atoms with E-state index in [4.69, 9.17) is 0 Å². The zero-order chi connectivity index (χ0) is 11.6. The lowest BCUT2D eigenvalue weighted by Gasteiger charge is -2.11. The van der Waals surface area contributed by atoms with Crippen LogP contribution in [0.4, 0.5) is 17.6 Å². The number of carbonyl (C=O) groups excluding carboxylic acids is 1. The van der Waals surface area contributed by atoms with Crippen molar-refractivity contribution in [3.05, 3.63) is 35.1 Å². The minimum atomic E-state index is -4.63. The highest BCUT2D eigenvalue weighted by Crippen LogP contribution is 2.32. The minimum Gasteiger partial charge on any atom is -0.300 e. The Balaban J connectivity index is 3.20. The molecule has 5 heteroatoms. The minimum absolute atomic E-state index is 0.198. The van der Waals surface area contributed by atoms with Gasteiger partial charge in [-0.15, -0.1) is 0 Å². The molecule has 0 aliphatic heterocycles. The van der Waals surface area contributed by atoms with Crippen molar-refractivity contribution >= 4 is 5.78 Å². The molecule has 0 aliphatic carbocycles. The number of alkyl halides is 3. The highest BCUT2D eigenvalue weighted by atomic mass is 19.4. The summed E-state index contributed by atoms with van der Waals surface area (Å²) < 4.78 is 49.8. The van der Waals surface area contributed by atoms with Crippen LogP contribution in [0.5, 0.6) is 0 Å². The number of Topliss-reactive ketones (excluding diaryl/α,β-unsaturated/α-hetero) is 1. The second-order valence-corrected chi connectivity index (χ2v) is 3.18. The van der Waals surface area contributed by atoms with E-state index in [-0.39, 0.29) is 12.0 Å². The average Bonchev–Trinajstić information content (AvgIpc) is 2.05. The topological polar surface area (TPSA) is 17.1 Å². The molecule has 0 spiro atoms. The van der Waals surface area contributed by atoms with Gasteiger partial charge in [0.25, 0.3) is 0 Å². The van der Waals surface area contributed by atoms with Gasteiger partial charge >= 0.3 is 6.18 Å². The van der Waals surface area contributed by atoms with Crippen molar-refractivity contribution in [1.29, 1.82) is 0 Å². The fourth-order valence-corrected chi connectivity index (χ4v) is 1.23. The number of benzene rings is 1. The van der Waals surface area contributed by atoms with Gasteiger partial charge in [-0.3, -0.25) is 4.79 Å². The van der Waals surface area contributed by atoms with E-state index in [1.54, 1.807) is 0 Å². The first kappa shape index (κ1) is 11.7. The lowest BCUT2D eigenvalue weighted by molar-refractivity contribution is -0.138. The first-order valence-corrected chi connectivity index (χ1v) is 4.16. The molecular weight excluding hydrogens is 212 g/mol. The van der Waals surface area contributed by atoms with Crippen molar-refractivity contribution in [2.45, 2.75) is 19.5 Å². The third kappa shape index (κ3) is 3.04. The van der Waals surface area contributed by atoms with Crippen molar-refractivity contribution in [2.75, 3.05) is 0 Å². The van der Waals surface area contributed by atoms with E-state index in [9.17, 15) is 22.4 Å². The molecular formula is C10H8F4O. The molecule has 1 rings (SSSR count). The van der Waals surface area contributed by atoms with Gasteiger partial charge in [-0.05, 0) is 24.6 Å². The fourth-order valence-electron chi connectivity index (χ4n) is 1.23. The number of ketones is 1. The van der Waals surface area contributed by atoms with E-state index >= 15 is 0 Å². The molecule has 82 valence electrons. The molecule has 0 heterocycles. The quantitative estimate of drug-likeness (QED) is 0.700. The van der Waals surface area contributed by atoms with Crippen LogP contribution >= 0.6 is 0 Å². The monoisotopic (exact) mass is 220 g/mol. The van der Waals surface area contributed by atoms with Crippen molar-refractivity contribution in [1.82, 2.24) is 0 Å². The smallest absolute Gasteiger partial charge is 0.300 e. The van der Waals surface area contributed by atoms with Crippen LogP contribution in [0.1, 0.15) is 18.1 Å². The Kier molecular flexibility index (Phi) is 3.12. The van der Waals surface area contributed by atoms with Gasteiger partial charge in [0.2, 0.25) is 0 Å². The Hall–Kier alpha value is -1.39. The molecule has 15 heavy (non-hydrogen) atoms. The van der Waals surface area contributed by atoms with Gasteiger partial charge in [-0.1, -0.05) is 6.07 Å². The molecule has 0 fully saturated rings. The summed E-state index contributed by atoms with van der Waals surface area (Å²) in [6.07, 6.45) is -4.97. The van der Waals surface area contributed by atoms with E-state index in [1.165, 1.54) is 6.92 Å². The van der Waals surface area contributed by atoms with Crippen molar-refractivity contribution in [2.24, 2.45) is 0 Å². The van der Waals surface area contributed by atoms with Gasteiger partial charge < -0.3 is 0 Å². The number of carbonyl (C=O) groups is 1. The van der Waals surface area contributed by atoms with Crippen LogP contribution in [-0.4, -0.2) is 5.78 Å². The maximum Gasteiger partial charge on any atom is 0.416 e. The number of hydrogen-bond donors (Lipinski definition) is 0. The predicted molar refractivity (Wildman–Crippen MR) is 45.8 cm³/mol. The lowest BCUT2D eigenvalue weighted by atomic mass is 10.0. The summed E-state index contributed by atoms with van der Waals surface area (Å²) in [5.41, 5.74) is -1.28. The molecule has 0 amide bonds. The molecule has 0 unspecified atom stereocenters. The molecule has 0 bridgehead atoms. The van der Waals surface area contributed by atoms with Crippen molar-refractivity contribution in [3.8, 4) is 0 Å². The standard InChI is InChI=1S/C10H8F4O/c1-6(15)4-7-2-3-8(11)5-9(7)10(12,13)14/h2-3,5H,4H2,1H3. The molecule has 0 saturated carbocycles. The van der Waals surface area contributed by atoms with Crippen LogP contribution < -0.4 is 0 Å². The first-order valence-electron chi connectivity index (χ1n) is 4.16. The molecule has 0 saturated heterocycles. The van der Waals surface area contributed by atoms with E-state index in [2.05, 4.69) is 0 Å². The maximum absolute atomic E-state index is 12.6. The Morgan fingerprint density at radius 1 is 1.33 bits per heavy atom. The predicted octanol–water partition coefficient (Wildman–Crippen LogP) is 2.98. The van der Waals surface area contributed by atoms with E-state index in [0.29, 0.717) is 6.07 Å². The molecule has 1 aromatic rings. The third-order valence-corrected chi connectivity index (χ3v) is 1.82. The summed E-state index contributed by atoms with van der Waals surface area (Å²) in [5, 5.41) is 0. The van der Waals surface area contributed by atoms with Crippen LogP contribution in [0, 0.1) is 5.82 Å².